The summed E-state index contributed by atoms with van der Waals surface area (Å²) in [5.74, 6) is -1.20. The first-order valence-electron chi connectivity index (χ1n) is 3.01. The van der Waals surface area contributed by atoms with Crippen molar-refractivity contribution in [3.63, 3.8) is 0 Å². The summed E-state index contributed by atoms with van der Waals surface area (Å²) < 4.78 is 22.9. The summed E-state index contributed by atoms with van der Waals surface area (Å²) in [5.41, 5.74) is 5.00. The van der Waals surface area contributed by atoms with Gasteiger partial charge in [-0.05, 0) is 0 Å². The van der Waals surface area contributed by atoms with Crippen molar-refractivity contribution in [3.8, 4) is 0 Å². The maximum absolute atomic E-state index is 11.4. The van der Waals surface area contributed by atoms with E-state index in [-0.39, 0.29) is 6.54 Å². The molecule has 66 valence electrons. The molecule has 11 heavy (non-hydrogen) atoms. The first-order chi connectivity index (χ1) is 5.04. The van der Waals surface area contributed by atoms with Gasteiger partial charge >= 0.3 is 5.97 Å². The number of carboxylic acid groups (broad SMARTS) is 1. The van der Waals surface area contributed by atoms with Gasteiger partial charge in [0.2, 0.25) is 0 Å². The van der Waals surface area contributed by atoms with Gasteiger partial charge in [-0.15, -0.1) is 0 Å². The van der Waals surface area contributed by atoms with Crippen LogP contribution in [-0.4, -0.2) is 36.6 Å². The van der Waals surface area contributed by atoms with E-state index in [0.717, 1.165) is 0 Å². The van der Waals surface area contributed by atoms with E-state index >= 15 is 0 Å². The van der Waals surface area contributed by atoms with Crippen molar-refractivity contribution in [2.75, 3.05) is 13.1 Å². The van der Waals surface area contributed by atoms with Crippen LogP contribution in [-0.2, 0) is 4.79 Å². The number of hydrogen-bond acceptors (Lipinski definition) is 3. The molecular formula is C5H10F2N2O2. The van der Waals surface area contributed by atoms with E-state index in [0.29, 0.717) is 0 Å². The molecule has 0 heterocycles. The van der Waals surface area contributed by atoms with E-state index in [4.69, 9.17) is 10.8 Å². The SMILES string of the molecule is NC(CNCC(F)F)C(=O)O. The van der Waals surface area contributed by atoms with Crippen LogP contribution in [0.1, 0.15) is 0 Å². The Labute approximate surface area is 62.4 Å². The predicted molar refractivity (Wildman–Crippen MR) is 34.5 cm³/mol. The minimum absolute atomic E-state index is 0.139. The molecule has 0 aromatic heterocycles. The molecule has 0 rings (SSSR count). The number of alkyl halides is 2. The summed E-state index contributed by atoms with van der Waals surface area (Å²) in [6.07, 6.45) is -2.48. The topological polar surface area (TPSA) is 75.3 Å². The van der Waals surface area contributed by atoms with Crippen LogP contribution in [0.5, 0.6) is 0 Å². The molecule has 0 fully saturated rings. The number of carbonyl (C=O) groups is 1. The van der Waals surface area contributed by atoms with Crippen LogP contribution in [0.3, 0.4) is 0 Å². The van der Waals surface area contributed by atoms with Gasteiger partial charge < -0.3 is 16.2 Å². The van der Waals surface area contributed by atoms with Crippen LogP contribution in [0.4, 0.5) is 8.78 Å². The van der Waals surface area contributed by atoms with E-state index in [1.165, 1.54) is 0 Å². The molecule has 0 amide bonds. The largest absolute Gasteiger partial charge is 0.480 e. The molecule has 0 aliphatic heterocycles. The Morgan fingerprint density at radius 3 is 2.45 bits per heavy atom. The Bertz CT molecular complexity index is 132. The van der Waals surface area contributed by atoms with E-state index in [1.54, 1.807) is 0 Å². The fraction of sp³-hybridized carbons (Fsp3) is 0.800. The molecule has 0 aromatic rings. The average Bonchev–Trinajstić information content (AvgIpc) is 1.86. The Kier molecular flexibility index (Phi) is 4.64. The van der Waals surface area contributed by atoms with Crippen molar-refractivity contribution in [2.24, 2.45) is 5.73 Å². The van der Waals surface area contributed by atoms with Gasteiger partial charge in [-0.25, -0.2) is 8.78 Å². The van der Waals surface area contributed by atoms with Crippen molar-refractivity contribution in [1.29, 1.82) is 0 Å². The zero-order chi connectivity index (χ0) is 8.85. The van der Waals surface area contributed by atoms with Crippen LogP contribution in [0.25, 0.3) is 0 Å². The lowest BCUT2D eigenvalue weighted by Crippen LogP contribution is -2.41. The number of rotatable bonds is 5. The lowest BCUT2D eigenvalue weighted by molar-refractivity contribution is -0.138. The second-order valence-electron chi connectivity index (χ2n) is 1.99. The monoisotopic (exact) mass is 168 g/mol. The highest BCUT2D eigenvalue weighted by Crippen LogP contribution is 1.87. The maximum Gasteiger partial charge on any atom is 0.321 e. The van der Waals surface area contributed by atoms with E-state index in [9.17, 15) is 13.6 Å². The van der Waals surface area contributed by atoms with Gasteiger partial charge in [0.05, 0.1) is 6.54 Å². The number of nitrogens with one attached hydrogen (secondary N) is 1. The highest BCUT2D eigenvalue weighted by Gasteiger charge is 2.11. The third-order valence-electron chi connectivity index (χ3n) is 0.980. The average molecular weight is 168 g/mol. The highest BCUT2D eigenvalue weighted by molar-refractivity contribution is 5.73. The molecule has 1 atom stereocenters. The molecule has 6 heteroatoms. The quantitative estimate of drug-likeness (QED) is 0.505. The molecule has 1 unspecified atom stereocenters. The van der Waals surface area contributed by atoms with Crippen molar-refractivity contribution < 1.29 is 18.7 Å². The van der Waals surface area contributed by atoms with Gasteiger partial charge in [0, 0.05) is 6.54 Å². The van der Waals surface area contributed by atoms with Crippen molar-refractivity contribution in [3.05, 3.63) is 0 Å². The minimum Gasteiger partial charge on any atom is -0.480 e. The smallest absolute Gasteiger partial charge is 0.321 e. The van der Waals surface area contributed by atoms with Crippen LogP contribution in [0.2, 0.25) is 0 Å². The van der Waals surface area contributed by atoms with Gasteiger partial charge in [-0.2, -0.15) is 0 Å². The molecule has 0 bridgehead atoms. The van der Waals surface area contributed by atoms with Gasteiger partial charge in [0.1, 0.15) is 6.04 Å². The van der Waals surface area contributed by atoms with Crippen molar-refractivity contribution in [1.82, 2.24) is 5.32 Å². The number of carboxylic acids is 1. The van der Waals surface area contributed by atoms with E-state index in [1.807, 2.05) is 0 Å². The van der Waals surface area contributed by atoms with Gasteiger partial charge in [0.15, 0.2) is 0 Å². The van der Waals surface area contributed by atoms with Crippen LogP contribution < -0.4 is 11.1 Å². The molecule has 0 radical (unpaired) electrons. The first kappa shape index (κ1) is 10.2. The molecule has 0 aromatic carbocycles. The molecular weight excluding hydrogens is 158 g/mol. The predicted octanol–water partition coefficient (Wildman–Crippen LogP) is -0.747. The zero-order valence-electron chi connectivity index (χ0n) is 5.76. The van der Waals surface area contributed by atoms with Crippen LogP contribution in [0, 0.1) is 0 Å². The summed E-state index contributed by atoms with van der Waals surface area (Å²) >= 11 is 0. The summed E-state index contributed by atoms with van der Waals surface area (Å²) in [6, 6.07) is -1.12. The summed E-state index contributed by atoms with van der Waals surface area (Å²) in [7, 11) is 0. The Morgan fingerprint density at radius 2 is 2.09 bits per heavy atom. The maximum atomic E-state index is 11.4. The third-order valence-corrected chi connectivity index (χ3v) is 0.980. The highest BCUT2D eigenvalue weighted by atomic mass is 19.3. The second-order valence-corrected chi connectivity index (χ2v) is 1.99. The molecule has 0 spiro atoms. The normalized spacial score (nSPS) is 13.5. The standard InChI is InChI=1S/C5H10F2N2O2/c6-4(7)2-9-1-3(8)5(10)11/h3-4,9H,1-2,8H2,(H,10,11). The Hall–Kier alpha value is -0.750. The van der Waals surface area contributed by atoms with Gasteiger partial charge in [0.25, 0.3) is 6.43 Å². The molecule has 0 saturated carbocycles. The summed E-state index contributed by atoms with van der Waals surface area (Å²) in [4.78, 5) is 10.0. The van der Waals surface area contributed by atoms with E-state index in [2.05, 4.69) is 5.32 Å². The zero-order valence-corrected chi connectivity index (χ0v) is 5.76. The summed E-state index contributed by atoms with van der Waals surface area (Å²) in [5, 5.41) is 10.4. The molecule has 4 N–H and O–H groups in total. The lowest BCUT2D eigenvalue weighted by atomic mass is 10.3. The second kappa shape index (κ2) is 4.97. The van der Waals surface area contributed by atoms with Crippen molar-refractivity contribution in [2.45, 2.75) is 12.5 Å². The van der Waals surface area contributed by atoms with Crippen LogP contribution >= 0.6 is 0 Å². The molecule has 0 saturated heterocycles. The molecule has 4 nitrogen and oxygen atoms in total. The number of halogens is 2. The van der Waals surface area contributed by atoms with E-state index < -0.39 is 25.0 Å². The first-order valence-corrected chi connectivity index (χ1v) is 3.01. The van der Waals surface area contributed by atoms with Crippen LogP contribution in [0.15, 0.2) is 0 Å². The number of aliphatic carboxylic acids is 1. The third kappa shape index (κ3) is 5.68. The Morgan fingerprint density at radius 1 is 1.55 bits per heavy atom. The fourth-order valence-corrected chi connectivity index (χ4v) is 0.435. The minimum atomic E-state index is -2.48. The van der Waals surface area contributed by atoms with Crippen molar-refractivity contribution >= 4 is 5.97 Å². The number of nitrogens with two attached hydrogens (primary N) is 1. The fourth-order valence-electron chi connectivity index (χ4n) is 0.435. The summed E-state index contributed by atoms with van der Waals surface area (Å²) in [6.45, 7) is -0.666. The number of hydrogen-bond donors (Lipinski definition) is 3. The Balaban J connectivity index is 3.31. The lowest BCUT2D eigenvalue weighted by Gasteiger charge is -2.06. The van der Waals surface area contributed by atoms with Gasteiger partial charge in [-0.1, -0.05) is 0 Å². The molecule has 0 aliphatic rings. The molecule has 0 aliphatic carbocycles. The van der Waals surface area contributed by atoms with Gasteiger partial charge in [-0.3, -0.25) is 4.79 Å².